The van der Waals surface area contributed by atoms with Crippen molar-refractivity contribution in [3.05, 3.63) is 0 Å². The number of carboxylic acid groups (broad SMARTS) is 1. The minimum Gasteiger partial charge on any atom is -0.480 e. The number of carbonyl (C=O) groups is 5. The molecule has 0 heterocycles. The van der Waals surface area contributed by atoms with E-state index in [0.717, 1.165) is 0 Å². The molecule has 0 aromatic rings. The Kier molecular flexibility index (Phi) is 9.96. The molecule has 5 atom stereocenters. The number of aliphatic hydroxyl groups excluding tert-OH is 1. The molecule has 0 rings (SSSR count). The van der Waals surface area contributed by atoms with Crippen LogP contribution in [0.4, 0.5) is 0 Å². The van der Waals surface area contributed by atoms with Crippen molar-refractivity contribution in [1.82, 2.24) is 16.0 Å². The fourth-order valence-electron chi connectivity index (χ4n) is 1.89. The van der Waals surface area contributed by atoms with Crippen molar-refractivity contribution in [3.63, 3.8) is 0 Å². The molecule has 0 saturated carbocycles. The van der Waals surface area contributed by atoms with E-state index >= 15 is 0 Å². The molecule has 0 aliphatic carbocycles. The third-order valence-corrected chi connectivity index (χ3v) is 3.59. The van der Waals surface area contributed by atoms with Gasteiger partial charge in [-0.2, -0.15) is 0 Å². The number of aliphatic carboxylic acids is 1. The van der Waals surface area contributed by atoms with Gasteiger partial charge in [-0.15, -0.1) is 0 Å². The Morgan fingerprint density at radius 3 is 1.74 bits per heavy atom. The molecule has 4 amide bonds. The molecular weight excluding hydrogens is 362 g/mol. The molecule has 27 heavy (non-hydrogen) atoms. The van der Waals surface area contributed by atoms with Crippen LogP contribution in [0.15, 0.2) is 0 Å². The van der Waals surface area contributed by atoms with Crippen LogP contribution in [0.3, 0.4) is 0 Å². The van der Waals surface area contributed by atoms with E-state index in [1.807, 2.05) is 0 Å². The van der Waals surface area contributed by atoms with Crippen molar-refractivity contribution >= 4 is 29.6 Å². The summed E-state index contributed by atoms with van der Waals surface area (Å²) in [5.74, 6) is -4.25. The molecule has 154 valence electrons. The van der Waals surface area contributed by atoms with E-state index in [1.165, 1.54) is 20.8 Å². The molecule has 0 saturated heterocycles. The minimum atomic E-state index is -1.53. The average molecular weight is 389 g/mol. The summed E-state index contributed by atoms with van der Waals surface area (Å²) in [5.41, 5.74) is 10.5. The maximum atomic E-state index is 12.0. The van der Waals surface area contributed by atoms with Gasteiger partial charge in [-0.25, -0.2) is 4.79 Å². The topological polar surface area (TPSA) is 214 Å². The molecular formula is C15H27N5O7. The number of nitrogens with two attached hydrogens (primary N) is 2. The number of amides is 4. The predicted octanol–water partition coefficient (Wildman–Crippen LogP) is -3.46. The summed E-state index contributed by atoms with van der Waals surface area (Å²) in [6.07, 6.45) is -1.40. The van der Waals surface area contributed by atoms with E-state index in [0.29, 0.717) is 0 Å². The summed E-state index contributed by atoms with van der Waals surface area (Å²) in [4.78, 5) is 57.5. The van der Waals surface area contributed by atoms with Crippen LogP contribution in [0, 0.1) is 0 Å². The van der Waals surface area contributed by atoms with Gasteiger partial charge in [0.15, 0.2) is 6.04 Å². The molecule has 9 N–H and O–H groups in total. The third-order valence-electron chi connectivity index (χ3n) is 3.59. The monoisotopic (exact) mass is 389 g/mol. The van der Waals surface area contributed by atoms with Gasteiger partial charge in [0.05, 0.1) is 12.1 Å². The first-order chi connectivity index (χ1) is 12.4. The molecule has 12 nitrogen and oxygen atoms in total. The van der Waals surface area contributed by atoms with Crippen molar-refractivity contribution in [1.29, 1.82) is 0 Å². The van der Waals surface area contributed by atoms with Gasteiger partial charge in [-0.05, 0) is 27.2 Å². The lowest BCUT2D eigenvalue weighted by atomic mass is 10.1. The first-order valence-corrected chi connectivity index (χ1v) is 8.22. The SMILES string of the molecule is CC(NC(=O)C(N)CCC(N)=O)C(=O)NC(C)C(=O)NC(C(=O)O)C(C)O. The summed E-state index contributed by atoms with van der Waals surface area (Å²) < 4.78 is 0. The lowest BCUT2D eigenvalue weighted by Crippen LogP contribution is -2.56. The van der Waals surface area contributed by atoms with Crippen LogP contribution in [0.1, 0.15) is 33.6 Å². The second-order valence-electron chi connectivity index (χ2n) is 6.14. The molecule has 0 aliphatic rings. The van der Waals surface area contributed by atoms with Gasteiger partial charge >= 0.3 is 5.97 Å². The molecule has 0 radical (unpaired) electrons. The summed E-state index contributed by atoms with van der Waals surface area (Å²) in [6, 6.07) is -4.73. The second kappa shape index (κ2) is 11.1. The Morgan fingerprint density at radius 2 is 1.33 bits per heavy atom. The minimum absolute atomic E-state index is 0.0181. The molecule has 5 unspecified atom stereocenters. The van der Waals surface area contributed by atoms with Crippen LogP contribution < -0.4 is 27.4 Å². The number of carbonyl (C=O) groups excluding carboxylic acids is 4. The molecule has 0 bridgehead atoms. The zero-order valence-corrected chi connectivity index (χ0v) is 15.4. The summed E-state index contributed by atoms with van der Waals surface area (Å²) >= 11 is 0. The van der Waals surface area contributed by atoms with Crippen LogP contribution in [-0.2, 0) is 24.0 Å². The molecule has 0 aromatic carbocycles. The largest absolute Gasteiger partial charge is 0.480 e. The number of rotatable bonds is 11. The Labute approximate surface area is 156 Å². The molecule has 0 fully saturated rings. The van der Waals surface area contributed by atoms with Crippen LogP contribution in [0.2, 0.25) is 0 Å². The lowest BCUT2D eigenvalue weighted by molar-refractivity contribution is -0.145. The third kappa shape index (κ3) is 8.96. The summed E-state index contributed by atoms with van der Waals surface area (Å²) in [5, 5.41) is 25.0. The molecule has 0 spiro atoms. The first-order valence-electron chi connectivity index (χ1n) is 8.22. The fraction of sp³-hybridized carbons (Fsp3) is 0.667. The standard InChI is InChI=1S/C15H27N5O7/c1-6(19-14(25)9(16)4-5-10(17)22)12(23)18-7(2)13(24)20-11(8(3)21)15(26)27/h6-9,11,21H,4-5,16H2,1-3H3,(H2,17,22)(H,18,23)(H,19,25)(H,20,24)(H,26,27). The highest BCUT2D eigenvalue weighted by Crippen LogP contribution is 1.97. The van der Waals surface area contributed by atoms with Gasteiger partial charge in [-0.1, -0.05) is 0 Å². The smallest absolute Gasteiger partial charge is 0.328 e. The number of hydrogen-bond acceptors (Lipinski definition) is 7. The van der Waals surface area contributed by atoms with Crippen LogP contribution in [0.25, 0.3) is 0 Å². The van der Waals surface area contributed by atoms with Crippen molar-refractivity contribution in [2.75, 3.05) is 0 Å². The summed E-state index contributed by atoms with van der Waals surface area (Å²) in [7, 11) is 0. The van der Waals surface area contributed by atoms with E-state index in [9.17, 15) is 29.1 Å². The van der Waals surface area contributed by atoms with Gasteiger partial charge in [0.25, 0.3) is 0 Å². The predicted molar refractivity (Wildman–Crippen MR) is 92.9 cm³/mol. The second-order valence-corrected chi connectivity index (χ2v) is 6.14. The van der Waals surface area contributed by atoms with E-state index in [2.05, 4.69) is 16.0 Å². The number of aliphatic hydroxyl groups is 1. The Balaban J connectivity index is 4.60. The van der Waals surface area contributed by atoms with E-state index in [-0.39, 0.29) is 12.8 Å². The van der Waals surface area contributed by atoms with E-state index < -0.39 is 59.9 Å². The highest BCUT2D eigenvalue weighted by Gasteiger charge is 2.28. The Hall–Kier alpha value is -2.73. The zero-order valence-electron chi connectivity index (χ0n) is 15.4. The number of carboxylic acids is 1. The van der Waals surface area contributed by atoms with Gasteiger partial charge in [0.1, 0.15) is 12.1 Å². The van der Waals surface area contributed by atoms with Crippen molar-refractivity contribution in [3.8, 4) is 0 Å². The number of hydrogen-bond donors (Lipinski definition) is 7. The quantitative estimate of drug-likeness (QED) is 0.188. The van der Waals surface area contributed by atoms with Crippen molar-refractivity contribution < 1.29 is 34.2 Å². The van der Waals surface area contributed by atoms with Gasteiger partial charge in [0.2, 0.25) is 23.6 Å². The van der Waals surface area contributed by atoms with Crippen LogP contribution in [0.5, 0.6) is 0 Å². The fourth-order valence-corrected chi connectivity index (χ4v) is 1.89. The van der Waals surface area contributed by atoms with Gasteiger partial charge in [0, 0.05) is 6.42 Å². The average Bonchev–Trinajstić information content (AvgIpc) is 2.55. The van der Waals surface area contributed by atoms with Crippen LogP contribution >= 0.6 is 0 Å². The normalized spacial score (nSPS) is 16.2. The Morgan fingerprint density at radius 1 is 0.889 bits per heavy atom. The number of primary amides is 1. The highest BCUT2D eigenvalue weighted by atomic mass is 16.4. The summed E-state index contributed by atoms with van der Waals surface area (Å²) in [6.45, 7) is 3.86. The maximum Gasteiger partial charge on any atom is 0.328 e. The highest BCUT2D eigenvalue weighted by molar-refractivity contribution is 5.93. The number of nitrogens with one attached hydrogen (secondary N) is 3. The molecule has 0 aliphatic heterocycles. The zero-order chi connectivity index (χ0) is 21.3. The van der Waals surface area contributed by atoms with Crippen molar-refractivity contribution in [2.45, 2.75) is 63.9 Å². The van der Waals surface area contributed by atoms with Gasteiger partial charge in [-0.3, -0.25) is 19.2 Å². The van der Waals surface area contributed by atoms with E-state index in [1.54, 1.807) is 0 Å². The maximum absolute atomic E-state index is 12.0. The molecule has 12 heteroatoms. The van der Waals surface area contributed by atoms with E-state index in [4.69, 9.17) is 16.6 Å². The lowest BCUT2D eigenvalue weighted by Gasteiger charge is -2.22. The molecule has 0 aromatic heterocycles. The van der Waals surface area contributed by atoms with Gasteiger partial charge < -0.3 is 37.6 Å². The first kappa shape index (κ1) is 24.3. The Bertz CT molecular complexity index is 581. The van der Waals surface area contributed by atoms with Crippen LogP contribution in [-0.4, -0.2) is 70.1 Å². The van der Waals surface area contributed by atoms with Crippen molar-refractivity contribution in [2.24, 2.45) is 11.5 Å².